The van der Waals surface area contributed by atoms with Crippen LogP contribution in [0.2, 0.25) is 0 Å². The summed E-state index contributed by atoms with van der Waals surface area (Å²) in [5.41, 5.74) is 5.65. The number of nitrogens with two attached hydrogens (primary N) is 1. The van der Waals surface area contributed by atoms with E-state index in [0.29, 0.717) is 5.52 Å². The lowest BCUT2D eigenvalue weighted by atomic mass is 9.98. The van der Waals surface area contributed by atoms with Crippen molar-refractivity contribution in [3.05, 3.63) is 35.5 Å². The highest BCUT2D eigenvalue weighted by atomic mass is 35.5. The zero-order chi connectivity index (χ0) is 14.4. The van der Waals surface area contributed by atoms with Crippen molar-refractivity contribution in [3.8, 4) is 0 Å². The molecule has 0 radical (unpaired) electrons. The lowest BCUT2D eigenvalue weighted by Crippen LogP contribution is -2.46. The van der Waals surface area contributed by atoms with Crippen molar-refractivity contribution in [2.75, 3.05) is 0 Å². The van der Waals surface area contributed by atoms with Crippen LogP contribution < -0.4 is 5.73 Å². The predicted octanol–water partition coefficient (Wildman–Crippen LogP) is 4.10. The molecule has 0 bridgehead atoms. The highest BCUT2D eigenvalue weighted by molar-refractivity contribution is 5.85. The largest absolute Gasteiger partial charge is 0.455 e. The van der Waals surface area contributed by atoms with Crippen molar-refractivity contribution >= 4 is 23.3 Å². The molecule has 2 rings (SSSR count). The van der Waals surface area contributed by atoms with E-state index in [-0.39, 0.29) is 29.1 Å². The van der Waals surface area contributed by atoms with E-state index in [1.807, 2.05) is 0 Å². The summed E-state index contributed by atoms with van der Waals surface area (Å²) in [4.78, 5) is 2.75. The van der Waals surface area contributed by atoms with Crippen molar-refractivity contribution < 1.29 is 22.0 Å². The minimum atomic E-state index is -5.68. The molecule has 2 nitrogen and oxygen atoms in total. The molecule has 20 heavy (non-hydrogen) atoms. The Morgan fingerprint density at radius 2 is 1.65 bits per heavy atom. The molecule has 1 atom stereocenters. The third-order valence-corrected chi connectivity index (χ3v) is 3.02. The Bertz CT molecular complexity index is 605. The average Bonchev–Trinajstić information content (AvgIpc) is 2.62. The molecule has 0 aliphatic rings. The van der Waals surface area contributed by atoms with Gasteiger partial charge in [-0.05, 0) is 13.0 Å². The number of benzene rings is 1. The minimum Gasteiger partial charge on any atom is -0.358 e. The molecule has 1 heterocycles. The lowest BCUT2D eigenvalue weighted by Gasteiger charge is -2.26. The van der Waals surface area contributed by atoms with Crippen LogP contribution in [0.25, 0.3) is 10.9 Å². The molecule has 0 spiro atoms. The zero-order valence-corrected chi connectivity index (χ0v) is 11.1. The molecule has 0 saturated heterocycles. The molecule has 8 heteroatoms. The highest BCUT2D eigenvalue weighted by Crippen LogP contribution is 2.45. The first-order valence-electron chi connectivity index (χ1n) is 5.43. The van der Waals surface area contributed by atoms with E-state index in [9.17, 15) is 22.0 Å². The predicted molar refractivity (Wildman–Crippen MR) is 68.2 cm³/mol. The van der Waals surface area contributed by atoms with Crippen LogP contribution in [-0.2, 0) is 0 Å². The minimum absolute atomic E-state index is 0. The number of nitrogens with one attached hydrogen (secondary N) is 1. The van der Waals surface area contributed by atoms with Gasteiger partial charge in [-0.2, -0.15) is 22.0 Å². The van der Waals surface area contributed by atoms with Gasteiger partial charge in [-0.1, -0.05) is 18.2 Å². The lowest BCUT2D eigenvalue weighted by molar-refractivity contribution is -0.290. The van der Waals surface area contributed by atoms with Crippen LogP contribution in [0.5, 0.6) is 0 Å². The highest BCUT2D eigenvalue weighted by Gasteiger charge is 2.62. The topological polar surface area (TPSA) is 41.8 Å². The molecule has 2 aromatic rings. The van der Waals surface area contributed by atoms with E-state index in [1.54, 1.807) is 18.2 Å². The fourth-order valence-corrected chi connectivity index (χ4v) is 2.06. The van der Waals surface area contributed by atoms with Gasteiger partial charge in [0.15, 0.2) is 0 Å². The Labute approximate surface area is 117 Å². The second kappa shape index (κ2) is 5.21. The van der Waals surface area contributed by atoms with Gasteiger partial charge in [-0.15, -0.1) is 12.4 Å². The first-order valence-corrected chi connectivity index (χ1v) is 5.43. The number of aromatic nitrogens is 1. The third-order valence-electron chi connectivity index (χ3n) is 3.02. The first-order chi connectivity index (χ1) is 8.66. The maximum atomic E-state index is 13.3. The molecule has 1 aromatic carbocycles. The maximum absolute atomic E-state index is 13.3. The number of aryl methyl sites for hydroxylation is 1. The van der Waals surface area contributed by atoms with Gasteiger partial charge >= 0.3 is 12.1 Å². The van der Waals surface area contributed by atoms with Crippen molar-refractivity contribution in [2.45, 2.75) is 25.1 Å². The summed E-state index contributed by atoms with van der Waals surface area (Å²) in [6.45, 7) is 1.42. The van der Waals surface area contributed by atoms with Crippen LogP contribution in [0, 0.1) is 6.92 Å². The first kappa shape index (κ1) is 16.7. The summed E-state index contributed by atoms with van der Waals surface area (Å²) in [6, 6.07) is 3.81. The molecule has 3 N–H and O–H groups in total. The number of hydrogen-bond acceptors (Lipinski definition) is 1. The SMILES string of the molecule is Cc1[nH]c2ccccc2c1[C@H](N)C(F)(F)C(F)(F)F.Cl. The molecule has 0 unspecified atom stereocenters. The molecule has 0 saturated carbocycles. The number of aromatic amines is 1. The summed E-state index contributed by atoms with van der Waals surface area (Å²) in [6.07, 6.45) is -5.68. The fourth-order valence-electron chi connectivity index (χ4n) is 2.06. The Morgan fingerprint density at radius 3 is 2.20 bits per heavy atom. The van der Waals surface area contributed by atoms with Gasteiger partial charge in [0.1, 0.15) is 6.04 Å². The van der Waals surface area contributed by atoms with Crippen molar-refractivity contribution in [1.82, 2.24) is 4.98 Å². The van der Waals surface area contributed by atoms with Gasteiger partial charge in [-0.25, -0.2) is 0 Å². The van der Waals surface area contributed by atoms with Crippen LogP contribution in [0.4, 0.5) is 22.0 Å². The maximum Gasteiger partial charge on any atom is 0.455 e. The molecule has 0 aliphatic heterocycles. The van der Waals surface area contributed by atoms with Gasteiger partial charge in [0.25, 0.3) is 0 Å². The normalized spacial score (nSPS) is 14.2. The third kappa shape index (κ3) is 2.47. The number of para-hydroxylation sites is 1. The van der Waals surface area contributed by atoms with E-state index in [1.165, 1.54) is 13.0 Å². The summed E-state index contributed by atoms with van der Waals surface area (Å²) < 4.78 is 63.8. The number of halogens is 6. The summed E-state index contributed by atoms with van der Waals surface area (Å²) in [7, 11) is 0. The van der Waals surface area contributed by atoms with E-state index in [2.05, 4.69) is 4.98 Å². The molecule has 1 aromatic heterocycles. The summed E-state index contributed by atoms with van der Waals surface area (Å²) >= 11 is 0. The Kier molecular flexibility index (Phi) is 4.36. The van der Waals surface area contributed by atoms with Crippen LogP contribution in [0.15, 0.2) is 24.3 Å². The van der Waals surface area contributed by atoms with Gasteiger partial charge in [-0.3, -0.25) is 0 Å². The molecular weight excluding hydrogens is 303 g/mol. The average molecular weight is 315 g/mol. The number of fused-ring (bicyclic) bond motifs is 1. The number of hydrogen-bond donors (Lipinski definition) is 2. The monoisotopic (exact) mass is 314 g/mol. The van der Waals surface area contributed by atoms with Crippen molar-refractivity contribution in [1.29, 1.82) is 0 Å². The van der Waals surface area contributed by atoms with Crippen molar-refractivity contribution in [3.63, 3.8) is 0 Å². The Hall–Kier alpha value is -1.34. The molecule has 0 fully saturated rings. The van der Waals surface area contributed by atoms with Gasteiger partial charge in [0.2, 0.25) is 0 Å². The quantitative estimate of drug-likeness (QED) is 0.805. The van der Waals surface area contributed by atoms with Crippen molar-refractivity contribution in [2.24, 2.45) is 5.73 Å². The summed E-state index contributed by atoms with van der Waals surface area (Å²) in [5.74, 6) is -4.98. The van der Waals surface area contributed by atoms with E-state index in [0.717, 1.165) is 0 Å². The number of alkyl halides is 5. The number of H-pyrrole nitrogens is 1. The van der Waals surface area contributed by atoms with Gasteiger partial charge in [0, 0.05) is 22.2 Å². The van der Waals surface area contributed by atoms with Crippen LogP contribution >= 0.6 is 12.4 Å². The second-order valence-electron chi connectivity index (χ2n) is 4.31. The van der Waals surface area contributed by atoms with E-state index in [4.69, 9.17) is 5.73 Å². The molecule has 0 aliphatic carbocycles. The smallest absolute Gasteiger partial charge is 0.358 e. The van der Waals surface area contributed by atoms with Gasteiger partial charge < -0.3 is 10.7 Å². The van der Waals surface area contributed by atoms with Crippen LogP contribution in [0.1, 0.15) is 17.3 Å². The molecule has 112 valence electrons. The van der Waals surface area contributed by atoms with E-state index < -0.39 is 18.1 Å². The van der Waals surface area contributed by atoms with E-state index >= 15 is 0 Å². The van der Waals surface area contributed by atoms with Crippen LogP contribution in [0.3, 0.4) is 0 Å². The zero-order valence-electron chi connectivity index (χ0n) is 10.3. The van der Waals surface area contributed by atoms with Crippen LogP contribution in [-0.4, -0.2) is 17.1 Å². The summed E-state index contributed by atoms with van der Waals surface area (Å²) in [5, 5.41) is 0.274. The Morgan fingerprint density at radius 1 is 1.10 bits per heavy atom. The molecular formula is C12H12ClF5N2. The Balaban J connectivity index is 0.00000200. The van der Waals surface area contributed by atoms with Gasteiger partial charge in [0.05, 0.1) is 0 Å². The second-order valence-corrected chi connectivity index (χ2v) is 4.31. The number of rotatable bonds is 2. The fraction of sp³-hybridized carbons (Fsp3) is 0.333. The molecule has 0 amide bonds. The standard InChI is InChI=1S/C12H11F5N2.ClH/c1-6-9(7-4-2-3-5-8(7)19-6)10(18)11(13,14)12(15,16)17;/h2-5,10,19H,18H2,1H3;1H/t10-;/m0./s1.